The maximum atomic E-state index is 12.2. The van der Waals surface area contributed by atoms with Crippen molar-refractivity contribution in [1.82, 2.24) is 14.8 Å². The summed E-state index contributed by atoms with van der Waals surface area (Å²) in [6, 6.07) is 4.56. The van der Waals surface area contributed by atoms with E-state index in [0.717, 1.165) is 32.5 Å². The SMILES string of the molecule is CC(C)NCc1cccn1CC(=O)N1CCCCC1. The van der Waals surface area contributed by atoms with E-state index in [9.17, 15) is 4.79 Å². The molecule has 0 spiro atoms. The quantitative estimate of drug-likeness (QED) is 0.882. The van der Waals surface area contributed by atoms with Crippen LogP contribution < -0.4 is 5.32 Å². The molecule has 106 valence electrons. The molecule has 2 heterocycles. The monoisotopic (exact) mass is 263 g/mol. The Morgan fingerprint density at radius 1 is 1.32 bits per heavy atom. The Labute approximate surface area is 115 Å². The highest BCUT2D eigenvalue weighted by Crippen LogP contribution is 2.10. The van der Waals surface area contributed by atoms with Crippen LogP contribution in [0.25, 0.3) is 0 Å². The lowest BCUT2D eigenvalue weighted by molar-refractivity contribution is -0.132. The van der Waals surface area contributed by atoms with Crippen LogP contribution in [0.3, 0.4) is 0 Å². The van der Waals surface area contributed by atoms with Crippen LogP contribution >= 0.6 is 0 Å². The highest BCUT2D eigenvalue weighted by Gasteiger charge is 2.17. The molecular weight excluding hydrogens is 238 g/mol. The van der Waals surface area contributed by atoms with Gasteiger partial charge in [0.1, 0.15) is 6.54 Å². The second-order valence-corrected chi connectivity index (χ2v) is 5.60. The van der Waals surface area contributed by atoms with Gasteiger partial charge in [-0.25, -0.2) is 0 Å². The lowest BCUT2D eigenvalue weighted by atomic mass is 10.1. The van der Waals surface area contributed by atoms with Crippen molar-refractivity contribution in [1.29, 1.82) is 0 Å². The first kappa shape index (κ1) is 14.1. The van der Waals surface area contributed by atoms with Gasteiger partial charge in [-0.05, 0) is 31.4 Å². The maximum Gasteiger partial charge on any atom is 0.242 e. The van der Waals surface area contributed by atoms with E-state index < -0.39 is 0 Å². The van der Waals surface area contributed by atoms with Gasteiger partial charge in [-0.2, -0.15) is 0 Å². The largest absolute Gasteiger partial charge is 0.341 e. The van der Waals surface area contributed by atoms with Gasteiger partial charge < -0.3 is 14.8 Å². The summed E-state index contributed by atoms with van der Waals surface area (Å²) < 4.78 is 2.06. The third-order valence-electron chi connectivity index (χ3n) is 3.63. The molecule has 0 unspecified atom stereocenters. The fraction of sp³-hybridized carbons (Fsp3) is 0.667. The smallest absolute Gasteiger partial charge is 0.242 e. The molecule has 4 nitrogen and oxygen atoms in total. The minimum absolute atomic E-state index is 0.252. The molecule has 4 heteroatoms. The molecule has 1 N–H and O–H groups in total. The summed E-state index contributed by atoms with van der Waals surface area (Å²) in [6.45, 7) is 7.41. The lowest BCUT2D eigenvalue weighted by Crippen LogP contribution is -2.38. The predicted octanol–water partition coefficient (Wildman–Crippen LogP) is 2.00. The van der Waals surface area contributed by atoms with Crippen molar-refractivity contribution in [3.05, 3.63) is 24.0 Å². The fourth-order valence-electron chi connectivity index (χ4n) is 2.46. The third-order valence-corrected chi connectivity index (χ3v) is 3.63. The standard InChI is InChI=1S/C15H25N3O/c1-13(2)16-11-14-7-6-10-18(14)12-15(19)17-8-4-3-5-9-17/h6-7,10,13,16H,3-5,8-9,11-12H2,1-2H3. The Hall–Kier alpha value is -1.29. The summed E-state index contributed by atoms with van der Waals surface area (Å²) in [4.78, 5) is 14.2. The molecule has 1 amide bonds. The zero-order valence-electron chi connectivity index (χ0n) is 12.1. The Bertz CT molecular complexity index is 405. The van der Waals surface area contributed by atoms with Crippen molar-refractivity contribution in [3.63, 3.8) is 0 Å². The van der Waals surface area contributed by atoms with Crippen LogP contribution in [0.5, 0.6) is 0 Å². The molecule has 1 fully saturated rings. The van der Waals surface area contributed by atoms with Gasteiger partial charge in [0, 0.05) is 37.6 Å². The molecule has 1 aliphatic rings. The maximum absolute atomic E-state index is 12.2. The van der Waals surface area contributed by atoms with Crippen molar-refractivity contribution >= 4 is 5.91 Å². The average Bonchev–Trinajstić information content (AvgIpc) is 2.84. The van der Waals surface area contributed by atoms with Gasteiger partial charge in [-0.3, -0.25) is 4.79 Å². The van der Waals surface area contributed by atoms with Crippen LogP contribution in [0.1, 0.15) is 38.8 Å². The van der Waals surface area contributed by atoms with Crippen molar-refractivity contribution in [3.8, 4) is 0 Å². The Morgan fingerprint density at radius 2 is 2.05 bits per heavy atom. The minimum Gasteiger partial charge on any atom is -0.341 e. The van der Waals surface area contributed by atoms with Gasteiger partial charge >= 0.3 is 0 Å². The van der Waals surface area contributed by atoms with Crippen LogP contribution in [0, 0.1) is 0 Å². The number of piperidine rings is 1. The molecule has 1 aromatic heterocycles. The summed E-state index contributed by atoms with van der Waals surface area (Å²) in [7, 11) is 0. The summed E-state index contributed by atoms with van der Waals surface area (Å²) in [5, 5.41) is 3.40. The van der Waals surface area contributed by atoms with Crippen LogP contribution in [-0.2, 0) is 17.9 Å². The summed E-state index contributed by atoms with van der Waals surface area (Å²) in [5.41, 5.74) is 1.18. The molecular formula is C15H25N3O. The molecule has 0 bridgehead atoms. The number of likely N-dealkylation sites (tertiary alicyclic amines) is 1. The third kappa shape index (κ3) is 4.10. The number of aromatic nitrogens is 1. The van der Waals surface area contributed by atoms with Gasteiger partial charge in [-0.15, -0.1) is 0 Å². The van der Waals surface area contributed by atoms with E-state index in [1.807, 2.05) is 17.2 Å². The molecule has 0 aromatic carbocycles. The Kier molecular flexibility index (Phi) is 5.02. The van der Waals surface area contributed by atoms with E-state index in [1.54, 1.807) is 0 Å². The van der Waals surface area contributed by atoms with Gasteiger partial charge in [-0.1, -0.05) is 13.8 Å². The number of carbonyl (C=O) groups is 1. The summed E-state index contributed by atoms with van der Waals surface area (Å²) in [6.07, 6.45) is 5.56. The number of nitrogens with one attached hydrogen (secondary N) is 1. The molecule has 0 radical (unpaired) electrons. The topological polar surface area (TPSA) is 37.3 Å². The number of rotatable bonds is 5. The number of hydrogen-bond donors (Lipinski definition) is 1. The van der Waals surface area contributed by atoms with Gasteiger partial charge in [0.2, 0.25) is 5.91 Å². The minimum atomic E-state index is 0.252. The van der Waals surface area contributed by atoms with E-state index >= 15 is 0 Å². The van der Waals surface area contributed by atoms with E-state index in [0.29, 0.717) is 12.6 Å². The predicted molar refractivity (Wildman–Crippen MR) is 76.8 cm³/mol. The van der Waals surface area contributed by atoms with Crippen molar-refractivity contribution < 1.29 is 4.79 Å². The summed E-state index contributed by atoms with van der Waals surface area (Å²) in [5.74, 6) is 0.252. The van der Waals surface area contributed by atoms with E-state index in [2.05, 4.69) is 29.8 Å². The lowest BCUT2D eigenvalue weighted by Gasteiger charge is -2.27. The Balaban J connectivity index is 1.91. The molecule has 2 rings (SSSR count). The second-order valence-electron chi connectivity index (χ2n) is 5.60. The highest BCUT2D eigenvalue weighted by atomic mass is 16.2. The van der Waals surface area contributed by atoms with Crippen molar-refractivity contribution in [2.45, 2.75) is 52.2 Å². The first-order valence-electron chi connectivity index (χ1n) is 7.32. The van der Waals surface area contributed by atoms with Crippen LogP contribution in [0.4, 0.5) is 0 Å². The molecule has 19 heavy (non-hydrogen) atoms. The molecule has 0 atom stereocenters. The first-order chi connectivity index (χ1) is 9.16. The van der Waals surface area contributed by atoms with Crippen molar-refractivity contribution in [2.75, 3.05) is 13.1 Å². The van der Waals surface area contributed by atoms with E-state index in [1.165, 1.54) is 12.1 Å². The second kappa shape index (κ2) is 6.75. The zero-order chi connectivity index (χ0) is 13.7. The zero-order valence-corrected chi connectivity index (χ0v) is 12.1. The first-order valence-corrected chi connectivity index (χ1v) is 7.32. The van der Waals surface area contributed by atoms with Gasteiger partial charge in [0.05, 0.1) is 0 Å². The highest BCUT2D eigenvalue weighted by molar-refractivity contribution is 5.76. The molecule has 0 saturated carbocycles. The molecule has 1 saturated heterocycles. The van der Waals surface area contributed by atoms with Crippen LogP contribution in [0.15, 0.2) is 18.3 Å². The van der Waals surface area contributed by atoms with Gasteiger partial charge in [0.15, 0.2) is 0 Å². The number of hydrogen-bond acceptors (Lipinski definition) is 2. The van der Waals surface area contributed by atoms with E-state index in [4.69, 9.17) is 0 Å². The average molecular weight is 263 g/mol. The summed E-state index contributed by atoms with van der Waals surface area (Å²) >= 11 is 0. The van der Waals surface area contributed by atoms with Crippen LogP contribution in [0.2, 0.25) is 0 Å². The molecule has 0 aliphatic carbocycles. The van der Waals surface area contributed by atoms with Gasteiger partial charge in [0.25, 0.3) is 0 Å². The Morgan fingerprint density at radius 3 is 2.74 bits per heavy atom. The number of nitrogens with zero attached hydrogens (tertiary/aromatic N) is 2. The normalized spacial score (nSPS) is 16.1. The number of amides is 1. The molecule has 1 aliphatic heterocycles. The molecule has 1 aromatic rings. The van der Waals surface area contributed by atoms with Crippen LogP contribution in [-0.4, -0.2) is 34.5 Å². The fourth-order valence-corrected chi connectivity index (χ4v) is 2.46. The number of carbonyl (C=O) groups excluding carboxylic acids is 1. The van der Waals surface area contributed by atoms with E-state index in [-0.39, 0.29) is 5.91 Å². The van der Waals surface area contributed by atoms with Crippen molar-refractivity contribution in [2.24, 2.45) is 0 Å².